The molecule has 0 saturated carbocycles. The molecule has 0 bridgehead atoms. The van der Waals surface area contributed by atoms with Crippen LogP contribution in [0.1, 0.15) is 180 Å². The van der Waals surface area contributed by atoms with E-state index in [0.29, 0.717) is 23.7 Å². The van der Waals surface area contributed by atoms with Gasteiger partial charge in [-0.2, -0.15) is 0 Å². The Morgan fingerprint density at radius 1 is 0.284 bits per heavy atom. The summed E-state index contributed by atoms with van der Waals surface area (Å²) in [5, 5.41) is 0. The number of hydrogen-bond donors (Lipinski definition) is 0. The van der Waals surface area contributed by atoms with E-state index in [1.54, 1.807) is 0 Å². The standard InChI is InChI=1S/C82H100N2O4/c1-9-17-21-61(13-5)57-85-77-37-29-69(30-38-77)73-49-67(50-74(55-73)70-31-39-78(40-32-70)86-58-62(14-6)22-18-10-2)27-25-65-45-47-83-81(53-65)82-54-66(46-48-84-82)26-28-68-51-75(71-33-41-79(42-34-71)87-59-63(15-7)23-19-11-3)56-76(52-68)72-35-43-80(44-36-72)88-60-64(16-8)24-20-12-4/h25-56,61-64H,9-24,57-60H2,1-8H3/b27-25+,28-26+. The fraction of sp³-hybridized carbons (Fsp3) is 0.390. The molecule has 4 unspecified atom stereocenters. The van der Waals surface area contributed by atoms with Crippen LogP contribution in [0, 0.1) is 23.7 Å². The largest absolute Gasteiger partial charge is 0.493 e. The molecule has 0 aliphatic rings. The van der Waals surface area contributed by atoms with Gasteiger partial charge in [-0.3, -0.25) is 9.97 Å². The Bertz CT molecular complexity index is 2970. The van der Waals surface area contributed by atoms with Crippen molar-refractivity contribution in [3.8, 4) is 78.9 Å². The maximum Gasteiger partial charge on any atom is 0.119 e. The summed E-state index contributed by atoms with van der Waals surface area (Å²) in [6, 6.07) is 56.5. The molecule has 6 aromatic carbocycles. The summed E-state index contributed by atoms with van der Waals surface area (Å²) in [5.41, 5.74) is 15.0. The van der Waals surface area contributed by atoms with Gasteiger partial charge >= 0.3 is 0 Å². The highest BCUT2D eigenvalue weighted by molar-refractivity contribution is 5.83. The lowest BCUT2D eigenvalue weighted by Crippen LogP contribution is -2.11. The van der Waals surface area contributed by atoms with Crippen molar-refractivity contribution in [1.82, 2.24) is 9.97 Å². The van der Waals surface area contributed by atoms with E-state index in [4.69, 9.17) is 28.9 Å². The Kier molecular flexibility index (Phi) is 27.1. The van der Waals surface area contributed by atoms with E-state index in [0.717, 1.165) is 153 Å². The van der Waals surface area contributed by atoms with E-state index in [1.807, 2.05) is 12.4 Å². The Morgan fingerprint density at radius 3 is 0.773 bits per heavy atom. The summed E-state index contributed by atoms with van der Waals surface area (Å²) in [5.74, 6) is 5.96. The Labute approximate surface area is 529 Å². The van der Waals surface area contributed by atoms with E-state index in [-0.39, 0.29) is 0 Å². The molecule has 2 aromatic heterocycles. The number of pyridine rings is 2. The maximum absolute atomic E-state index is 6.34. The third-order valence-electron chi connectivity index (χ3n) is 17.5. The third kappa shape index (κ3) is 20.7. The molecule has 0 radical (unpaired) electrons. The number of rotatable bonds is 37. The molecule has 0 fully saturated rings. The summed E-state index contributed by atoms with van der Waals surface area (Å²) in [4.78, 5) is 9.69. The number of benzene rings is 6. The van der Waals surface area contributed by atoms with Crippen molar-refractivity contribution in [3.05, 3.63) is 192 Å². The normalized spacial score (nSPS) is 13.0. The summed E-state index contributed by atoms with van der Waals surface area (Å²) in [6.07, 6.45) is 31.7. The van der Waals surface area contributed by atoms with Crippen LogP contribution in [0.2, 0.25) is 0 Å². The Morgan fingerprint density at radius 2 is 0.534 bits per heavy atom. The Balaban J connectivity index is 1.03. The lowest BCUT2D eigenvalue weighted by molar-refractivity contribution is 0.233. The second-order valence-corrected chi connectivity index (χ2v) is 24.3. The lowest BCUT2D eigenvalue weighted by Gasteiger charge is -2.16. The van der Waals surface area contributed by atoms with Gasteiger partial charge in [0.05, 0.1) is 37.8 Å². The van der Waals surface area contributed by atoms with E-state index in [2.05, 4.69) is 237 Å². The second-order valence-electron chi connectivity index (χ2n) is 24.3. The van der Waals surface area contributed by atoms with Crippen molar-refractivity contribution < 1.29 is 18.9 Å². The zero-order chi connectivity index (χ0) is 61.7. The average Bonchev–Trinajstić information content (AvgIpc) is 3.73. The SMILES string of the molecule is CCCCC(CC)COc1ccc(-c2cc(/C=C/c3ccnc(-c4cc(/C=C/c5cc(-c6ccc(OCC(CC)CCCC)cc6)cc(-c6ccc(OCC(CC)CCCC)cc6)c5)ccn4)c3)cc(-c3ccc(OCC(CC)CCCC)cc3)c2)cc1. The minimum atomic E-state index is 0.575. The molecular formula is C82H100N2O4. The van der Waals surface area contributed by atoms with E-state index < -0.39 is 0 Å². The monoisotopic (exact) mass is 1180 g/mol. The van der Waals surface area contributed by atoms with E-state index in [9.17, 15) is 0 Å². The predicted octanol–water partition coefficient (Wildman–Crippen LogP) is 23.5. The molecule has 0 aliphatic carbocycles. The topological polar surface area (TPSA) is 62.7 Å². The van der Waals surface area contributed by atoms with Gasteiger partial charge in [0.2, 0.25) is 0 Å². The van der Waals surface area contributed by atoms with Crippen molar-refractivity contribution >= 4 is 24.3 Å². The first kappa shape index (κ1) is 66.3. The second kappa shape index (κ2) is 35.9. The highest BCUT2D eigenvalue weighted by Gasteiger charge is 2.14. The molecule has 4 atom stereocenters. The fourth-order valence-electron chi connectivity index (χ4n) is 11.4. The van der Waals surface area contributed by atoms with Crippen molar-refractivity contribution in [1.29, 1.82) is 0 Å². The molecule has 8 rings (SSSR count). The van der Waals surface area contributed by atoms with Crippen LogP contribution >= 0.6 is 0 Å². The van der Waals surface area contributed by atoms with Crippen molar-refractivity contribution in [2.75, 3.05) is 26.4 Å². The highest BCUT2D eigenvalue weighted by atomic mass is 16.5. The first-order chi connectivity index (χ1) is 43.2. The summed E-state index contributed by atoms with van der Waals surface area (Å²) >= 11 is 0. The van der Waals surface area contributed by atoms with Gasteiger partial charge in [0.15, 0.2) is 0 Å². The molecular weight excluding hydrogens is 1080 g/mol. The molecule has 88 heavy (non-hydrogen) atoms. The smallest absolute Gasteiger partial charge is 0.119 e. The predicted molar refractivity (Wildman–Crippen MR) is 375 cm³/mol. The van der Waals surface area contributed by atoms with Crippen LogP contribution in [0.3, 0.4) is 0 Å². The first-order valence-electron chi connectivity index (χ1n) is 33.7. The van der Waals surface area contributed by atoms with Gasteiger partial charge in [-0.1, -0.05) is 205 Å². The molecule has 0 saturated heterocycles. The molecule has 8 aromatic rings. The molecule has 462 valence electrons. The average molecular weight is 1180 g/mol. The lowest BCUT2D eigenvalue weighted by atomic mass is 9.95. The fourth-order valence-corrected chi connectivity index (χ4v) is 11.4. The number of ether oxygens (including phenoxy) is 4. The van der Waals surface area contributed by atoms with Crippen LogP contribution in [-0.2, 0) is 0 Å². The molecule has 6 nitrogen and oxygen atoms in total. The number of unbranched alkanes of at least 4 members (excludes halogenated alkanes) is 4. The van der Waals surface area contributed by atoms with Gasteiger partial charge in [-0.25, -0.2) is 0 Å². The number of aromatic nitrogens is 2. The van der Waals surface area contributed by atoms with Crippen molar-refractivity contribution in [2.24, 2.45) is 23.7 Å². The highest BCUT2D eigenvalue weighted by Crippen LogP contribution is 2.35. The van der Waals surface area contributed by atoms with Crippen LogP contribution < -0.4 is 18.9 Å². The van der Waals surface area contributed by atoms with Gasteiger partial charge in [-0.05, 0) is 225 Å². The van der Waals surface area contributed by atoms with Crippen LogP contribution in [0.5, 0.6) is 23.0 Å². The third-order valence-corrected chi connectivity index (χ3v) is 17.5. The first-order valence-corrected chi connectivity index (χ1v) is 33.7. The maximum atomic E-state index is 6.34. The molecule has 0 spiro atoms. The number of hydrogen-bond acceptors (Lipinski definition) is 6. The summed E-state index contributed by atoms with van der Waals surface area (Å²) in [7, 11) is 0. The quantitative estimate of drug-likeness (QED) is 0.0387. The summed E-state index contributed by atoms with van der Waals surface area (Å²) < 4.78 is 25.4. The van der Waals surface area contributed by atoms with Crippen molar-refractivity contribution in [2.45, 2.75) is 158 Å². The van der Waals surface area contributed by atoms with Crippen LogP contribution in [0.15, 0.2) is 170 Å². The zero-order valence-electron chi connectivity index (χ0n) is 54.5. The van der Waals surface area contributed by atoms with E-state index >= 15 is 0 Å². The van der Waals surface area contributed by atoms with Crippen LogP contribution in [-0.4, -0.2) is 36.4 Å². The van der Waals surface area contributed by atoms with Crippen molar-refractivity contribution in [3.63, 3.8) is 0 Å². The van der Waals surface area contributed by atoms with E-state index in [1.165, 1.54) is 77.0 Å². The van der Waals surface area contributed by atoms with Gasteiger partial charge in [0, 0.05) is 12.4 Å². The van der Waals surface area contributed by atoms with Gasteiger partial charge in [0.1, 0.15) is 23.0 Å². The molecule has 0 N–H and O–H groups in total. The minimum absolute atomic E-state index is 0.575. The number of nitrogens with zero attached hydrogens (tertiary/aromatic N) is 2. The van der Waals surface area contributed by atoms with Gasteiger partial charge in [0.25, 0.3) is 0 Å². The molecule has 0 aliphatic heterocycles. The molecule has 6 heteroatoms. The van der Waals surface area contributed by atoms with Gasteiger partial charge in [-0.15, -0.1) is 0 Å². The summed E-state index contributed by atoms with van der Waals surface area (Å²) in [6.45, 7) is 21.1. The molecule has 2 heterocycles. The van der Waals surface area contributed by atoms with Gasteiger partial charge < -0.3 is 18.9 Å². The molecule has 0 amide bonds. The Hall–Kier alpha value is -7.70. The minimum Gasteiger partial charge on any atom is -0.493 e. The van der Waals surface area contributed by atoms with Crippen LogP contribution in [0.25, 0.3) is 80.2 Å². The zero-order valence-corrected chi connectivity index (χ0v) is 54.5. The van der Waals surface area contributed by atoms with Crippen LogP contribution in [0.4, 0.5) is 0 Å².